The van der Waals surface area contributed by atoms with Crippen LogP contribution in [0.2, 0.25) is 0 Å². The Morgan fingerprint density at radius 2 is 1.95 bits per heavy atom. The third kappa shape index (κ3) is 8.61. The summed E-state index contributed by atoms with van der Waals surface area (Å²) in [5, 5.41) is 5.10. The quantitative estimate of drug-likeness (QED) is 0.149. The van der Waals surface area contributed by atoms with Crippen LogP contribution in [0.5, 0.6) is 0 Å². The molecule has 0 bridgehead atoms. The van der Waals surface area contributed by atoms with Crippen LogP contribution in [-0.4, -0.2) is 43.7 Å². The maximum Gasteiger partial charge on any atom is 0.326 e. The van der Waals surface area contributed by atoms with Crippen molar-refractivity contribution in [1.82, 2.24) is 15.6 Å². The number of hydrogen-bond acceptors (Lipinski definition) is 7. The Balaban J connectivity index is 4.45. The molecule has 0 aromatic heterocycles. The number of imide groups is 1. The van der Waals surface area contributed by atoms with Crippen LogP contribution < -0.4 is 16.5 Å². The first kappa shape index (κ1) is 19.5. The van der Waals surface area contributed by atoms with E-state index in [0.717, 1.165) is 23.5 Å². The summed E-state index contributed by atoms with van der Waals surface area (Å²) in [7, 11) is 2.56. The van der Waals surface area contributed by atoms with Gasteiger partial charge in [0, 0.05) is 12.3 Å². The molecule has 10 heteroatoms. The highest BCUT2D eigenvalue weighted by Gasteiger charge is 2.10. The van der Waals surface area contributed by atoms with Crippen molar-refractivity contribution in [1.29, 1.82) is 0 Å². The smallest absolute Gasteiger partial charge is 0.326 e. The van der Waals surface area contributed by atoms with E-state index < -0.39 is 17.9 Å². The van der Waals surface area contributed by atoms with Crippen molar-refractivity contribution < 1.29 is 23.9 Å². The van der Waals surface area contributed by atoms with Crippen LogP contribution in [0.1, 0.15) is 0 Å². The average molecular weight is 333 g/mol. The third-order valence-electron chi connectivity index (χ3n) is 1.96. The Morgan fingerprint density at radius 3 is 2.50 bits per heavy atom. The van der Waals surface area contributed by atoms with Gasteiger partial charge in [0.25, 0.3) is 5.91 Å². The van der Waals surface area contributed by atoms with Gasteiger partial charge in [0.2, 0.25) is 0 Å². The van der Waals surface area contributed by atoms with Crippen molar-refractivity contribution >= 4 is 29.5 Å². The molecule has 0 saturated heterocycles. The maximum atomic E-state index is 11.5. The molecule has 0 aliphatic heterocycles. The summed E-state index contributed by atoms with van der Waals surface area (Å²) < 4.78 is 8.93. The number of carbonyl (C=O) groups is 3. The summed E-state index contributed by atoms with van der Waals surface area (Å²) in [5.74, 6) is 4.21. The van der Waals surface area contributed by atoms with Gasteiger partial charge in [0.05, 0.1) is 31.2 Å². The number of esters is 1. The molecule has 0 aliphatic carbocycles. The lowest BCUT2D eigenvalue weighted by molar-refractivity contribution is -0.141. The zero-order chi connectivity index (χ0) is 17.1. The van der Waals surface area contributed by atoms with Gasteiger partial charge in [-0.1, -0.05) is 18.2 Å². The van der Waals surface area contributed by atoms with E-state index >= 15 is 0 Å². The molecule has 0 atom stereocenters. The van der Waals surface area contributed by atoms with E-state index in [1.54, 1.807) is 0 Å². The van der Waals surface area contributed by atoms with Crippen LogP contribution in [0.15, 0.2) is 35.8 Å². The number of hydrazine groups is 1. The normalized spacial score (nSPS) is 10.8. The Hall–Kier alpha value is -2.52. The fourth-order valence-electron chi connectivity index (χ4n) is 0.994. The highest BCUT2D eigenvalue weighted by atomic mass is 35.5. The number of amides is 3. The Bertz CT molecular complexity index is 504. The van der Waals surface area contributed by atoms with Gasteiger partial charge in [0.15, 0.2) is 0 Å². The zero-order valence-corrected chi connectivity index (χ0v) is 12.8. The molecule has 0 aliphatic rings. The largest absolute Gasteiger partial charge is 0.504 e. The number of rotatable bonds is 7. The van der Waals surface area contributed by atoms with E-state index in [1.807, 2.05) is 5.32 Å². The van der Waals surface area contributed by atoms with Gasteiger partial charge in [0.1, 0.15) is 6.54 Å². The summed E-state index contributed by atoms with van der Waals surface area (Å²) in [5.41, 5.74) is -0.0250. The molecule has 4 N–H and O–H groups in total. The summed E-state index contributed by atoms with van der Waals surface area (Å²) in [4.78, 5) is 33.6. The topological polar surface area (TPSA) is 123 Å². The van der Waals surface area contributed by atoms with E-state index in [9.17, 15) is 14.4 Å². The van der Waals surface area contributed by atoms with E-state index in [1.165, 1.54) is 14.2 Å². The lowest BCUT2D eigenvalue weighted by Gasteiger charge is -2.14. The molecule has 9 nitrogen and oxygen atoms in total. The molecule has 0 rings (SSSR count). The van der Waals surface area contributed by atoms with Crippen LogP contribution in [-0.2, 0) is 19.1 Å². The molecular weight excluding hydrogens is 316 g/mol. The highest BCUT2D eigenvalue weighted by Crippen LogP contribution is 2.10. The fourth-order valence-corrected chi connectivity index (χ4v) is 1.17. The van der Waals surface area contributed by atoms with Crippen LogP contribution in [0.3, 0.4) is 0 Å². The number of methoxy groups -OCH3 is 2. The molecule has 0 saturated carbocycles. The predicted molar refractivity (Wildman–Crippen MR) is 78.8 cm³/mol. The second-order valence-corrected chi connectivity index (χ2v) is 4.09. The number of carbonyl (C=O) groups excluding carboxylic acids is 3. The number of nitrogens with one attached hydrogen (secondary N) is 2. The second-order valence-electron chi connectivity index (χ2n) is 3.69. The molecule has 22 heavy (non-hydrogen) atoms. The summed E-state index contributed by atoms with van der Waals surface area (Å²) in [6.45, 7) is 3.25. The van der Waals surface area contributed by atoms with Gasteiger partial charge >= 0.3 is 12.0 Å². The number of halogens is 1. The minimum Gasteiger partial charge on any atom is -0.504 e. The van der Waals surface area contributed by atoms with Crippen molar-refractivity contribution in [2.45, 2.75) is 0 Å². The van der Waals surface area contributed by atoms with Gasteiger partial charge in [-0.05, 0) is 0 Å². The van der Waals surface area contributed by atoms with Crippen molar-refractivity contribution in [2.75, 3.05) is 20.8 Å². The highest BCUT2D eigenvalue weighted by molar-refractivity contribution is 6.32. The van der Waals surface area contributed by atoms with Crippen molar-refractivity contribution in [2.24, 2.45) is 5.84 Å². The molecule has 3 amide bonds. The Labute approximate surface area is 132 Å². The summed E-state index contributed by atoms with van der Waals surface area (Å²) in [6.07, 6.45) is 3.27. The minimum atomic E-state index is -0.848. The number of allylic oxidation sites excluding steroid dienone is 1. The first-order valence-electron chi connectivity index (χ1n) is 5.76. The van der Waals surface area contributed by atoms with Gasteiger partial charge < -0.3 is 19.8 Å². The monoisotopic (exact) mass is 332 g/mol. The molecule has 122 valence electrons. The van der Waals surface area contributed by atoms with Crippen LogP contribution >= 0.6 is 11.6 Å². The molecule has 0 aromatic rings. The maximum absolute atomic E-state index is 11.5. The van der Waals surface area contributed by atoms with Gasteiger partial charge in [-0.2, -0.15) is 0 Å². The second kappa shape index (κ2) is 10.2. The first-order valence-corrected chi connectivity index (χ1v) is 6.14. The lowest BCUT2D eigenvalue weighted by atomic mass is 10.4. The molecular formula is C12H17ClN4O5. The van der Waals surface area contributed by atoms with E-state index in [4.69, 9.17) is 17.4 Å². The summed E-state index contributed by atoms with van der Waals surface area (Å²) in [6, 6.07) is -0.848. The number of ether oxygens (including phenoxy) is 2. The third-order valence-corrected chi connectivity index (χ3v) is 2.29. The van der Waals surface area contributed by atoms with Crippen molar-refractivity contribution in [3.8, 4) is 0 Å². The lowest BCUT2D eigenvalue weighted by Crippen LogP contribution is -2.38. The van der Waals surface area contributed by atoms with Crippen LogP contribution in [0.25, 0.3) is 0 Å². The number of urea groups is 1. The standard InChI is InChI=1S/C12H17ClN4O5/c1-8(9(13)6-17(14)7-11(19)22-3)15-12(20)16-10(18)4-5-21-2/h4-6H,1,7,14H2,2-3H3,(H2,15,16,18,20)/b5-4+,9-6+. The molecule has 0 fully saturated rings. The predicted octanol–water partition coefficient (Wildman–Crippen LogP) is -0.0851. The zero-order valence-electron chi connectivity index (χ0n) is 12.1. The molecule has 0 unspecified atom stereocenters. The van der Waals surface area contributed by atoms with E-state index in [0.29, 0.717) is 0 Å². The number of hydrogen-bond donors (Lipinski definition) is 3. The van der Waals surface area contributed by atoms with Gasteiger partial charge in [-0.15, -0.1) is 0 Å². The fraction of sp³-hybridized carbons (Fsp3) is 0.250. The van der Waals surface area contributed by atoms with Crippen molar-refractivity contribution in [3.63, 3.8) is 0 Å². The van der Waals surface area contributed by atoms with Crippen molar-refractivity contribution in [3.05, 3.63) is 35.8 Å². The summed E-state index contributed by atoms with van der Waals surface area (Å²) >= 11 is 5.84. The Kier molecular flexibility index (Phi) is 9.07. The van der Waals surface area contributed by atoms with Crippen LogP contribution in [0.4, 0.5) is 4.79 Å². The van der Waals surface area contributed by atoms with Gasteiger partial charge in [-0.25, -0.2) is 10.6 Å². The van der Waals surface area contributed by atoms with E-state index in [-0.39, 0.29) is 17.3 Å². The Morgan fingerprint density at radius 1 is 1.32 bits per heavy atom. The minimum absolute atomic E-state index is 0.0250. The van der Waals surface area contributed by atoms with Crippen LogP contribution in [0, 0.1) is 0 Å². The molecule has 0 heterocycles. The molecule has 0 spiro atoms. The van der Waals surface area contributed by atoms with Gasteiger partial charge in [-0.3, -0.25) is 14.9 Å². The molecule has 0 radical (unpaired) electrons. The average Bonchev–Trinajstić information content (AvgIpc) is 2.44. The molecule has 0 aromatic carbocycles. The first-order chi connectivity index (χ1) is 10.3. The number of nitrogens with zero attached hydrogens (tertiary/aromatic N) is 1. The number of nitrogens with two attached hydrogens (primary N) is 1. The van der Waals surface area contributed by atoms with E-state index in [2.05, 4.69) is 21.4 Å². The SMILES string of the molecule is C=C(NC(=O)NC(=O)/C=C/OC)/C(Cl)=C\N(N)CC(=O)OC.